The summed E-state index contributed by atoms with van der Waals surface area (Å²) in [4.78, 5) is 21.9. The van der Waals surface area contributed by atoms with E-state index < -0.39 is 11.9 Å². The molecule has 0 saturated carbocycles. The van der Waals surface area contributed by atoms with Crippen LogP contribution in [0.3, 0.4) is 0 Å². The third-order valence-electron chi connectivity index (χ3n) is 2.70. The minimum atomic E-state index is -0.823. The summed E-state index contributed by atoms with van der Waals surface area (Å²) in [6.45, 7) is 3.48. The van der Waals surface area contributed by atoms with Crippen molar-refractivity contribution >= 4 is 22.8 Å². The van der Waals surface area contributed by atoms with E-state index in [9.17, 15) is 9.59 Å². The van der Waals surface area contributed by atoms with Crippen LogP contribution in [0.25, 0.3) is 0 Å². The highest BCUT2D eigenvalue weighted by molar-refractivity contribution is 8.13. The van der Waals surface area contributed by atoms with E-state index in [4.69, 9.17) is 5.11 Å². The predicted molar refractivity (Wildman–Crippen MR) is 73.8 cm³/mol. The number of carboxylic acids is 1. The second kappa shape index (κ2) is 7.21. The Morgan fingerprint density at radius 2 is 2.11 bits per heavy atom. The Balaban J connectivity index is 2.51. The van der Waals surface area contributed by atoms with Gasteiger partial charge in [0.05, 0.1) is 5.92 Å². The predicted octanol–water partition coefficient (Wildman–Crippen LogP) is 2.91. The fourth-order valence-electron chi connectivity index (χ4n) is 1.70. The first kappa shape index (κ1) is 14.8. The summed E-state index contributed by atoms with van der Waals surface area (Å²) in [6.07, 6.45) is 1.30. The van der Waals surface area contributed by atoms with Crippen molar-refractivity contribution in [3.05, 3.63) is 35.4 Å². The highest BCUT2D eigenvalue weighted by Crippen LogP contribution is 2.17. The average Bonchev–Trinajstić information content (AvgIpc) is 2.28. The Hall–Kier alpha value is -1.29. The molecule has 0 saturated heterocycles. The van der Waals surface area contributed by atoms with Gasteiger partial charge in [-0.1, -0.05) is 41.6 Å². The number of carbonyl (C=O) groups is 2. The van der Waals surface area contributed by atoms with Crippen molar-refractivity contribution in [1.82, 2.24) is 0 Å². The quantitative estimate of drug-likeness (QED) is 0.860. The van der Waals surface area contributed by atoms with E-state index in [0.29, 0.717) is 12.2 Å². The van der Waals surface area contributed by atoms with Gasteiger partial charge in [-0.3, -0.25) is 9.59 Å². The van der Waals surface area contributed by atoms with Crippen LogP contribution < -0.4 is 0 Å². The van der Waals surface area contributed by atoms with Crippen LogP contribution in [0.4, 0.5) is 0 Å². The van der Waals surface area contributed by atoms with Gasteiger partial charge < -0.3 is 5.11 Å². The van der Waals surface area contributed by atoms with Gasteiger partial charge in [-0.2, -0.15) is 0 Å². The van der Waals surface area contributed by atoms with E-state index in [-0.39, 0.29) is 5.12 Å². The summed E-state index contributed by atoms with van der Waals surface area (Å²) in [7, 11) is 0. The van der Waals surface area contributed by atoms with Gasteiger partial charge in [0.2, 0.25) is 0 Å². The van der Waals surface area contributed by atoms with Crippen molar-refractivity contribution in [2.24, 2.45) is 5.92 Å². The van der Waals surface area contributed by atoms with Gasteiger partial charge >= 0.3 is 5.97 Å². The second-order valence-electron chi connectivity index (χ2n) is 4.37. The molecule has 18 heavy (non-hydrogen) atoms. The molecule has 0 aliphatic heterocycles. The first-order valence-corrected chi connectivity index (χ1v) is 6.89. The Morgan fingerprint density at radius 1 is 1.39 bits per heavy atom. The minimum Gasteiger partial charge on any atom is -0.481 e. The van der Waals surface area contributed by atoms with Gasteiger partial charge in [-0.15, -0.1) is 0 Å². The fraction of sp³-hybridized carbons (Fsp3) is 0.429. The van der Waals surface area contributed by atoms with E-state index in [0.717, 1.165) is 23.7 Å². The maximum Gasteiger partial charge on any atom is 0.307 e. The minimum absolute atomic E-state index is 0.0307. The maximum absolute atomic E-state index is 11.1. The van der Waals surface area contributed by atoms with Crippen molar-refractivity contribution in [3.8, 4) is 0 Å². The molecule has 0 aromatic heterocycles. The number of benzene rings is 1. The van der Waals surface area contributed by atoms with Crippen LogP contribution >= 0.6 is 11.8 Å². The first-order chi connectivity index (χ1) is 8.49. The number of hydrogen-bond donors (Lipinski definition) is 1. The van der Waals surface area contributed by atoms with E-state index in [2.05, 4.69) is 6.07 Å². The molecule has 0 amide bonds. The van der Waals surface area contributed by atoms with Crippen molar-refractivity contribution in [3.63, 3.8) is 0 Å². The smallest absolute Gasteiger partial charge is 0.307 e. The van der Waals surface area contributed by atoms with Crippen LogP contribution in [0, 0.1) is 12.8 Å². The highest BCUT2D eigenvalue weighted by atomic mass is 32.2. The Labute approximate surface area is 112 Å². The lowest BCUT2D eigenvalue weighted by Crippen LogP contribution is -2.17. The van der Waals surface area contributed by atoms with Gasteiger partial charge in [0.1, 0.15) is 0 Å². The van der Waals surface area contributed by atoms with Crippen molar-refractivity contribution in [2.75, 3.05) is 5.75 Å². The molecule has 0 fully saturated rings. The van der Waals surface area contributed by atoms with Crippen LogP contribution in [-0.4, -0.2) is 21.9 Å². The highest BCUT2D eigenvalue weighted by Gasteiger charge is 2.18. The molecular formula is C14H18O3S. The molecule has 1 aromatic rings. The first-order valence-electron chi connectivity index (χ1n) is 5.90. The van der Waals surface area contributed by atoms with Gasteiger partial charge in [0.15, 0.2) is 5.12 Å². The largest absolute Gasteiger partial charge is 0.481 e. The second-order valence-corrected chi connectivity index (χ2v) is 5.56. The fourth-order valence-corrected chi connectivity index (χ4v) is 2.45. The standard InChI is InChI=1S/C14H18O3S/c1-10-4-3-5-12(8-10)6-7-13(14(16)17)9-18-11(2)15/h3-5,8,13H,6-7,9H2,1-2H3,(H,16,17). The molecule has 0 bridgehead atoms. The molecule has 0 heterocycles. The van der Waals surface area contributed by atoms with Crippen LogP contribution in [0.5, 0.6) is 0 Å². The van der Waals surface area contributed by atoms with Crippen LogP contribution in [0.15, 0.2) is 24.3 Å². The molecule has 1 atom stereocenters. The third kappa shape index (κ3) is 5.36. The molecule has 1 N–H and O–H groups in total. The lowest BCUT2D eigenvalue weighted by molar-refractivity contribution is -0.141. The lowest BCUT2D eigenvalue weighted by atomic mass is 10.00. The zero-order valence-corrected chi connectivity index (χ0v) is 11.5. The zero-order valence-electron chi connectivity index (χ0n) is 10.7. The molecule has 1 rings (SSSR count). The maximum atomic E-state index is 11.1. The monoisotopic (exact) mass is 266 g/mol. The van der Waals surface area contributed by atoms with Gasteiger partial charge in [0.25, 0.3) is 0 Å². The van der Waals surface area contributed by atoms with E-state index in [1.54, 1.807) is 0 Å². The van der Waals surface area contributed by atoms with Crippen LogP contribution in [-0.2, 0) is 16.0 Å². The van der Waals surface area contributed by atoms with E-state index >= 15 is 0 Å². The molecule has 0 spiro atoms. The summed E-state index contributed by atoms with van der Waals surface area (Å²) in [6, 6.07) is 8.07. The topological polar surface area (TPSA) is 54.4 Å². The van der Waals surface area contributed by atoms with E-state index in [1.165, 1.54) is 12.5 Å². The van der Waals surface area contributed by atoms with Crippen LogP contribution in [0.1, 0.15) is 24.5 Å². The van der Waals surface area contributed by atoms with Crippen molar-refractivity contribution < 1.29 is 14.7 Å². The van der Waals surface area contributed by atoms with Gasteiger partial charge in [-0.25, -0.2) is 0 Å². The summed E-state index contributed by atoms with van der Waals surface area (Å²) < 4.78 is 0. The number of aliphatic carboxylic acids is 1. The number of carboxylic acid groups (broad SMARTS) is 1. The summed E-state index contributed by atoms with van der Waals surface area (Å²) in [5.41, 5.74) is 2.33. The summed E-state index contributed by atoms with van der Waals surface area (Å²) in [5, 5.41) is 9.06. The third-order valence-corrected chi connectivity index (χ3v) is 3.68. The van der Waals surface area contributed by atoms with Crippen molar-refractivity contribution in [1.29, 1.82) is 0 Å². The summed E-state index contributed by atoms with van der Waals surface area (Å²) >= 11 is 1.09. The number of aryl methyl sites for hydroxylation is 2. The number of rotatable bonds is 6. The molecule has 1 aromatic carbocycles. The molecule has 98 valence electrons. The average molecular weight is 266 g/mol. The van der Waals surface area contributed by atoms with Crippen molar-refractivity contribution in [2.45, 2.75) is 26.7 Å². The zero-order chi connectivity index (χ0) is 13.5. The van der Waals surface area contributed by atoms with Gasteiger partial charge in [0, 0.05) is 12.7 Å². The SMILES string of the molecule is CC(=O)SCC(CCc1cccc(C)c1)C(=O)O. The number of hydrogen-bond acceptors (Lipinski definition) is 3. The molecule has 3 nitrogen and oxygen atoms in total. The molecule has 0 aliphatic carbocycles. The molecule has 0 radical (unpaired) electrons. The Kier molecular flexibility index (Phi) is 5.92. The van der Waals surface area contributed by atoms with Crippen LogP contribution in [0.2, 0.25) is 0 Å². The molecule has 0 aliphatic rings. The molecule has 1 unspecified atom stereocenters. The molecule has 4 heteroatoms. The van der Waals surface area contributed by atoms with E-state index in [1.807, 2.05) is 25.1 Å². The van der Waals surface area contributed by atoms with Gasteiger partial charge in [-0.05, 0) is 25.3 Å². The molecular weight excluding hydrogens is 248 g/mol. The Bertz CT molecular complexity index is 429. The normalized spacial score (nSPS) is 12.1. The number of carbonyl (C=O) groups excluding carboxylic acids is 1. The summed E-state index contributed by atoms with van der Waals surface area (Å²) in [5.74, 6) is -0.924. The lowest BCUT2D eigenvalue weighted by Gasteiger charge is -2.11. The number of thioether (sulfide) groups is 1. The Morgan fingerprint density at radius 3 is 2.67 bits per heavy atom.